The van der Waals surface area contributed by atoms with E-state index in [0.717, 1.165) is 30.9 Å². The summed E-state index contributed by atoms with van der Waals surface area (Å²) in [5.41, 5.74) is 2.04. The zero-order valence-electron chi connectivity index (χ0n) is 13.3. The van der Waals surface area contributed by atoms with E-state index >= 15 is 0 Å². The lowest BCUT2D eigenvalue weighted by molar-refractivity contribution is 0.0913. The van der Waals surface area contributed by atoms with Crippen LogP contribution in [0.5, 0.6) is 0 Å². The highest BCUT2D eigenvalue weighted by molar-refractivity contribution is 5.95. The number of amides is 1. The third-order valence-corrected chi connectivity index (χ3v) is 4.43. The molecule has 1 aromatic heterocycles. The molecular formula is C17H21FN4O. The molecule has 1 aromatic carbocycles. The summed E-state index contributed by atoms with van der Waals surface area (Å²) in [4.78, 5) is 12.5. The van der Waals surface area contributed by atoms with Crippen molar-refractivity contribution in [2.24, 2.45) is 5.92 Å². The van der Waals surface area contributed by atoms with Crippen LogP contribution in [0.25, 0.3) is 5.69 Å². The number of carbonyl (C=O) groups excluding carboxylic acids is 1. The van der Waals surface area contributed by atoms with Crippen LogP contribution in [-0.4, -0.2) is 34.8 Å². The summed E-state index contributed by atoms with van der Waals surface area (Å²) >= 11 is 0. The van der Waals surface area contributed by atoms with E-state index in [1.165, 1.54) is 12.1 Å². The van der Waals surface area contributed by atoms with Crippen LogP contribution in [0.3, 0.4) is 0 Å². The molecule has 2 aromatic rings. The van der Waals surface area contributed by atoms with E-state index in [0.29, 0.717) is 11.5 Å². The van der Waals surface area contributed by atoms with Gasteiger partial charge in [0.25, 0.3) is 5.91 Å². The van der Waals surface area contributed by atoms with Gasteiger partial charge in [-0.2, -0.15) is 5.10 Å². The second-order valence-electron chi connectivity index (χ2n) is 6.08. The molecule has 2 heterocycles. The Labute approximate surface area is 134 Å². The molecule has 23 heavy (non-hydrogen) atoms. The van der Waals surface area contributed by atoms with Crippen molar-refractivity contribution in [3.63, 3.8) is 0 Å². The minimum atomic E-state index is -0.295. The van der Waals surface area contributed by atoms with E-state index in [-0.39, 0.29) is 17.8 Å². The van der Waals surface area contributed by atoms with Gasteiger partial charge in [-0.15, -0.1) is 0 Å². The SMILES string of the molecule is Cc1c(C(=O)NC2CCNCC2C)cnn1-c1ccc(F)cc1. The Bertz CT molecular complexity index is 695. The highest BCUT2D eigenvalue weighted by atomic mass is 19.1. The molecule has 5 nitrogen and oxygen atoms in total. The number of piperidine rings is 1. The van der Waals surface area contributed by atoms with Crippen LogP contribution in [0.2, 0.25) is 0 Å². The zero-order chi connectivity index (χ0) is 16.4. The third-order valence-electron chi connectivity index (χ3n) is 4.43. The normalized spacial score (nSPS) is 21.2. The van der Waals surface area contributed by atoms with Crippen LogP contribution in [0.15, 0.2) is 30.5 Å². The van der Waals surface area contributed by atoms with Crippen LogP contribution in [0.1, 0.15) is 29.4 Å². The minimum Gasteiger partial charge on any atom is -0.349 e. The van der Waals surface area contributed by atoms with Gasteiger partial charge in [-0.1, -0.05) is 6.92 Å². The molecule has 122 valence electrons. The Balaban J connectivity index is 1.78. The molecule has 0 spiro atoms. The smallest absolute Gasteiger partial charge is 0.254 e. The average molecular weight is 316 g/mol. The summed E-state index contributed by atoms with van der Waals surface area (Å²) in [5, 5.41) is 10.7. The van der Waals surface area contributed by atoms with Crippen molar-refractivity contribution in [2.75, 3.05) is 13.1 Å². The van der Waals surface area contributed by atoms with Crippen molar-refractivity contribution in [2.45, 2.75) is 26.3 Å². The molecule has 2 N–H and O–H groups in total. The highest BCUT2D eigenvalue weighted by Crippen LogP contribution is 2.16. The molecule has 2 unspecified atom stereocenters. The Morgan fingerprint density at radius 3 is 2.83 bits per heavy atom. The molecule has 6 heteroatoms. The fourth-order valence-corrected chi connectivity index (χ4v) is 2.95. The van der Waals surface area contributed by atoms with Crippen LogP contribution < -0.4 is 10.6 Å². The average Bonchev–Trinajstić information content (AvgIpc) is 2.92. The second kappa shape index (κ2) is 6.50. The lowest BCUT2D eigenvalue weighted by Crippen LogP contribution is -2.48. The third kappa shape index (κ3) is 3.27. The number of halogens is 1. The van der Waals surface area contributed by atoms with Gasteiger partial charge in [-0.05, 0) is 56.6 Å². The van der Waals surface area contributed by atoms with Crippen molar-refractivity contribution in [1.82, 2.24) is 20.4 Å². The van der Waals surface area contributed by atoms with Gasteiger partial charge in [-0.3, -0.25) is 4.79 Å². The number of aromatic nitrogens is 2. The maximum absolute atomic E-state index is 13.0. The van der Waals surface area contributed by atoms with E-state index < -0.39 is 0 Å². The summed E-state index contributed by atoms with van der Waals surface area (Å²) in [6.45, 7) is 5.81. The summed E-state index contributed by atoms with van der Waals surface area (Å²) in [7, 11) is 0. The van der Waals surface area contributed by atoms with Gasteiger partial charge < -0.3 is 10.6 Å². The first kappa shape index (κ1) is 15.7. The largest absolute Gasteiger partial charge is 0.349 e. The number of nitrogens with zero attached hydrogens (tertiary/aromatic N) is 2. The first-order valence-electron chi connectivity index (χ1n) is 7.88. The monoisotopic (exact) mass is 316 g/mol. The van der Waals surface area contributed by atoms with Crippen molar-refractivity contribution < 1.29 is 9.18 Å². The van der Waals surface area contributed by atoms with E-state index in [1.54, 1.807) is 23.0 Å². The second-order valence-corrected chi connectivity index (χ2v) is 6.08. The van der Waals surface area contributed by atoms with Gasteiger partial charge >= 0.3 is 0 Å². The first-order valence-corrected chi connectivity index (χ1v) is 7.88. The minimum absolute atomic E-state index is 0.102. The predicted molar refractivity (Wildman–Crippen MR) is 86.2 cm³/mol. The highest BCUT2D eigenvalue weighted by Gasteiger charge is 2.24. The molecule has 1 fully saturated rings. The quantitative estimate of drug-likeness (QED) is 0.911. The lowest BCUT2D eigenvalue weighted by Gasteiger charge is -2.30. The maximum Gasteiger partial charge on any atom is 0.254 e. The molecule has 3 rings (SSSR count). The Morgan fingerprint density at radius 2 is 2.13 bits per heavy atom. The molecule has 1 aliphatic heterocycles. The van der Waals surface area contributed by atoms with Gasteiger partial charge in [0.2, 0.25) is 0 Å². The van der Waals surface area contributed by atoms with Crippen LogP contribution >= 0.6 is 0 Å². The van der Waals surface area contributed by atoms with Crippen molar-refractivity contribution in [3.8, 4) is 5.69 Å². The van der Waals surface area contributed by atoms with Crippen LogP contribution in [0.4, 0.5) is 4.39 Å². The number of hydrogen-bond acceptors (Lipinski definition) is 3. The molecule has 0 bridgehead atoms. The molecule has 2 atom stereocenters. The molecule has 1 amide bonds. The Kier molecular flexibility index (Phi) is 4.43. The zero-order valence-corrected chi connectivity index (χ0v) is 13.3. The van der Waals surface area contributed by atoms with Gasteiger partial charge in [0.1, 0.15) is 5.82 Å². The topological polar surface area (TPSA) is 59.0 Å². The maximum atomic E-state index is 13.0. The Hall–Kier alpha value is -2.21. The summed E-state index contributed by atoms with van der Waals surface area (Å²) in [6.07, 6.45) is 2.50. The van der Waals surface area contributed by atoms with E-state index in [9.17, 15) is 9.18 Å². The molecule has 0 radical (unpaired) electrons. The molecular weight excluding hydrogens is 295 g/mol. The van der Waals surface area contributed by atoms with Gasteiger partial charge in [0.05, 0.1) is 23.1 Å². The first-order chi connectivity index (χ1) is 11.1. The number of hydrogen-bond donors (Lipinski definition) is 2. The standard InChI is InChI=1S/C17H21FN4O/c1-11-9-19-8-7-16(11)21-17(23)15-10-20-22(12(15)2)14-5-3-13(18)4-6-14/h3-6,10-11,16,19H,7-9H2,1-2H3,(H,21,23). The van der Waals surface area contributed by atoms with E-state index in [2.05, 4.69) is 22.7 Å². The number of benzene rings is 1. The van der Waals surface area contributed by atoms with Crippen LogP contribution in [0, 0.1) is 18.7 Å². The van der Waals surface area contributed by atoms with E-state index in [1.807, 2.05) is 6.92 Å². The Morgan fingerprint density at radius 1 is 1.39 bits per heavy atom. The fraction of sp³-hybridized carbons (Fsp3) is 0.412. The molecule has 1 aliphatic rings. The van der Waals surface area contributed by atoms with E-state index in [4.69, 9.17) is 0 Å². The van der Waals surface area contributed by atoms with Crippen molar-refractivity contribution in [1.29, 1.82) is 0 Å². The number of rotatable bonds is 3. The fourth-order valence-electron chi connectivity index (χ4n) is 2.95. The predicted octanol–water partition coefficient (Wildman–Crippen LogP) is 2.05. The molecule has 0 saturated carbocycles. The lowest BCUT2D eigenvalue weighted by atomic mass is 9.95. The molecule has 1 saturated heterocycles. The summed E-state index contributed by atoms with van der Waals surface area (Å²) in [6, 6.07) is 6.23. The number of carbonyl (C=O) groups is 1. The van der Waals surface area contributed by atoms with Gasteiger partial charge in [0.15, 0.2) is 0 Å². The van der Waals surface area contributed by atoms with Crippen LogP contribution in [-0.2, 0) is 0 Å². The van der Waals surface area contributed by atoms with Gasteiger partial charge in [0, 0.05) is 6.04 Å². The number of nitrogens with one attached hydrogen (secondary N) is 2. The van der Waals surface area contributed by atoms with Crippen molar-refractivity contribution >= 4 is 5.91 Å². The molecule has 0 aliphatic carbocycles. The summed E-state index contributed by atoms with van der Waals surface area (Å²) in [5.74, 6) is 0.00572. The summed E-state index contributed by atoms with van der Waals surface area (Å²) < 4.78 is 14.7. The van der Waals surface area contributed by atoms with Gasteiger partial charge in [-0.25, -0.2) is 9.07 Å². The van der Waals surface area contributed by atoms with Crippen molar-refractivity contribution in [3.05, 3.63) is 47.5 Å².